The predicted molar refractivity (Wildman–Crippen MR) is 177 cm³/mol. The minimum Gasteiger partial charge on any atom is -0.481 e. The molecule has 14 nitrogen and oxygen atoms in total. The zero-order valence-corrected chi connectivity index (χ0v) is 27.8. The molecule has 51 heavy (non-hydrogen) atoms. The van der Waals surface area contributed by atoms with E-state index in [0.29, 0.717) is 12.0 Å². The largest absolute Gasteiger partial charge is 0.490 e. The van der Waals surface area contributed by atoms with Crippen molar-refractivity contribution in [3.63, 3.8) is 0 Å². The van der Waals surface area contributed by atoms with E-state index in [1.807, 2.05) is 6.92 Å². The van der Waals surface area contributed by atoms with Crippen LogP contribution >= 0.6 is 0 Å². The molecule has 0 aliphatic heterocycles. The number of H-pyrrole nitrogens is 1. The maximum Gasteiger partial charge on any atom is 0.490 e. The molecule has 0 saturated carbocycles. The van der Waals surface area contributed by atoms with Crippen LogP contribution in [-0.2, 0) is 27.2 Å². The fraction of sp³-hybridized carbons (Fsp3) is 0.273. The van der Waals surface area contributed by atoms with Crippen LogP contribution in [0.3, 0.4) is 0 Å². The van der Waals surface area contributed by atoms with Crippen molar-refractivity contribution in [1.29, 1.82) is 5.41 Å². The average Bonchev–Trinajstić information content (AvgIpc) is 3.47. The van der Waals surface area contributed by atoms with Crippen LogP contribution in [0.4, 0.5) is 28.0 Å². The van der Waals surface area contributed by atoms with Gasteiger partial charge in [-0.1, -0.05) is 49.4 Å². The van der Waals surface area contributed by atoms with E-state index in [1.165, 1.54) is 12.0 Å². The first-order valence-electron chi connectivity index (χ1n) is 15.0. The van der Waals surface area contributed by atoms with Gasteiger partial charge < -0.3 is 25.2 Å². The Labute approximate surface area is 288 Å². The number of nitrogen functional groups attached to an aromatic ring is 1. The van der Waals surface area contributed by atoms with Gasteiger partial charge in [-0.3, -0.25) is 20.5 Å². The van der Waals surface area contributed by atoms with Crippen molar-refractivity contribution in [3.05, 3.63) is 105 Å². The van der Waals surface area contributed by atoms with E-state index < -0.39 is 35.7 Å². The maximum absolute atomic E-state index is 16.2. The summed E-state index contributed by atoms with van der Waals surface area (Å²) in [5.41, 5.74) is 7.78. The topological polar surface area (TPSA) is 206 Å². The number of para-hydroxylation sites is 2. The number of carbonyl (C=O) groups is 3. The minimum atomic E-state index is -5.08. The number of anilines is 1. The Morgan fingerprint density at radius 1 is 1.10 bits per heavy atom. The molecule has 0 aliphatic carbocycles. The Hall–Kier alpha value is -6.20. The number of amides is 2. The summed E-state index contributed by atoms with van der Waals surface area (Å²) in [5.74, 6) is -4.63. The summed E-state index contributed by atoms with van der Waals surface area (Å²) >= 11 is 0. The van der Waals surface area contributed by atoms with Crippen LogP contribution in [0, 0.1) is 11.2 Å². The van der Waals surface area contributed by atoms with Crippen LogP contribution in [0.1, 0.15) is 40.9 Å². The highest BCUT2D eigenvalue weighted by atomic mass is 19.4. The van der Waals surface area contributed by atoms with Crippen LogP contribution in [0.2, 0.25) is 0 Å². The van der Waals surface area contributed by atoms with Crippen molar-refractivity contribution in [2.24, 2.45) is 5.73 Å². The first kappa shape index (κ1) is 39.2. The van der Waals surface area contributed by atoms with E-state index >= 15 is 4.39 Å². The van der Waals surface area contributed by atoms with Crippen molar-refractivity contribution in [2.75, 3.05) is 33.1 Å². The summed E-state index contributed by atoms with van der Waals surface area (Å²) in [7, 11) is 4.38. The molecule has 6 N–H and O–H groups in total. The third-order valence-electron chi connectivity index (χ3n) is 7.23. The summed E-state index contributed by atoms with van der Waals surface area (Å²) in [6.07, 6.45) is -5.07. The van der Waals surface area contributed by atoms with Gasteiger partial charge in [-0.2, -0.15) is 17.9 Å². The number of carbonyl (C=O) groups excluding carboxylic acids is 2. The summed E-state index contributed by atoms with van der Waals surface area (Å²) in [5, 5.41) is 21.9. The summed E-state index contributed by atoms with van der Waals surface area (Å²) in [4.78, 5) is 50.4. The molecule has 4 rings (SSSR count). The molecule has 272 valence electrons. The van der Waals surface area contributed by atoms with Gasteiger partial charge in [-0.15, -0.1) is 5.10 Å². The van der Waals surface area contributed by atoms with Crippen LogP contribution in [0.15, 0.2) is 65.5 Å². The summed E-state index contributed by atoms with van der Waals surface area (Å²) in [6.45, 7) is 1.55. The fourth-order valence-corrected chi connectivity index (χ4v) is 4.51. The minimum absolute atomic E-state index is 0.0915. The summed E-state index contributed by atoms with van der Waals surface area (Å²) in [6, 6.07) is 16.7. The number of ether oxygens (including phenoxy) is 2. The first-order chi connectivity index (χ1) is 24.0. The molecule has 18 heteroatoms. The molecule has 4 aromatic rings. The number of nitrogens with zero attached hydrogens (tertiary/aromatic N) is 3. The third kappa shape index (κ3) is 10.4. The molecule has 0 spiro atoms. The monoisotopic (exact) mass is 717 g/mol. The molecule has 0 fully saturated rings. The molecule has 0 aliphatic rings. The number of likely N-dealkylation sites (N-methyl/N-ethyl adjacent to an activating group) is 1. The number of aromatic nitrogens is 3. The quantitative estimate of drug-likeness (QED) is 0.0855. The Morgan fingerprint density at radius 3 is 2.27 bits per heavy atom. The number of rotatable bonds is 11. The second-order valence-electron chi connectivity index (χ2n) is 11.0. The average molecular weight is 718 g/mol. The van der Waals surface area contributed by atoms with Gasteiger partial charge in [-0.05, 0) is 42.2 Å². The Kier molecular flexibility index (Phi) is 13.0. The molecule has 1 atom stereocenters. The number of hydrogen-bond donors (Lipinski definition) is 5. The molecule has 1 aromatic heterocycles. The Morgan fingerprint density at radius 2 is 1.73 bits per heavy atom. The molecule has 0 saturated heterocycles. The number of amidine groups is 1. The van der Waals surface area contributed by atoms with E-state index in [9.17, 15) is 27.6 Å². The lowest BCUT2D eigenvalue weighted by Gasteiger charge is -2.20. The number of carboxylic acid groups (broad SMARTS) is 1. The molecule has 1 unspecified atom stereocenters. The number of methoxy groups -OCH3 is 1. The smallest absolute Gasteiger partial charge is 0.481 e. The highest BCUT2D eigenvalue weighted by Gasteiger charge is 2.38. The number of hydrogen-bond acceptors (Lipinski definition) is 8. The number of aliphatic carboxylic acids is 1. The number of nitrogens with one attached hydrogen (secondary N) is 3. The second-order valence-corrected chi connectivity index (χ2v) is 11.0. The normalized spacial score (nSPS) is 11.5. The lowest BCUT2D eigenvalue weighted by atomic mass is 9.89. The van der Waals surface area contributed by atoms with Gasteiger partial charge in [0.2, 0.25) is 0 Å². The highest BCUT2D eigenvalue weighted by Crippen LogP contribution is 2.34. The van der Waals surface area contributed by atoms with E-state index in [-0.39, 0.29) is 53.3 Å². The van der Waals surface area contributed by atoms with Gasteiger partial charge in [0.1, 0.15) is 11.7 Å². The predicted octanol–water partition coefficient (Wildman–Crippen LogP) is 4.20. The lowest BCUT2D eigenvalue weighted by molar-refractivity contribution is -0.192. The Balaban J connectivity index is 0.000000908. The van der Waals surface area contributed by atoms with E-state index in [4.69, 9.17) is 30.5 Å². The van der Waals surface area contributed by atoms with E-state index in [1.54, 1.807) is 74.8 Å². The number of halogens is 4. The number of nitrogens with two attached hydrogens (primary N) is 1. The standard InChI is InChI=1S/C31H34FN7O5.C2HF3O2/c1-5-18-14-21(27(32)25(16-18)44-17-26(40)38(2)3)22(15-19-10-12-20(13-11-19)28(33)34)29-36-30(41)39(37-29)24-9-7-6-8-23(24)35-31(42)43-4;3-2(4,5)1(6)7/h6-14,16,22H,5,15,17H2,1-4H3,(H3,33,34)(H,35,42)(H,36,37,41);(H,6,7). The lowest BCUT2D eigenvalue weighted by Crippen LogP contribution is -2.27. The van der Waals surface area contributed by atoms with Gasteiger partial charge in [0.05, 0.1) is 24.4 Å². The van der Waals surface area contributed by atoms with Crippen molar-refractivity contribution < 1.29 is 46.5 Å². The molecule has 2 amide bonds. The first-order valence-corrected chi connectivity index (χ1v) is 15.0. The van der Waals surface area contributed by atoms with Crippen LogP contribution in [-0.4, -0.2) is 82.6 Å². The molecule has 0 bridgehead atoms. The molecule has 3 aromatic carbocycles. The van der Waals surface area contributed by atoms with Gasteiger partial charge in [0.25, 0.3) is 5.91 Å². The number of aromatic amines is 1. The van der Waals surface area contributed by atoms with Crippen LogP contribution in [0.5, 0.6) is 5.75 Å². The zero-order valence-electron chi connectivity index (χ0n) is 27.8. The van der Waals surface area contributed by atoms with Gasteiger partial charge in [-0.25, -0.2) is 18.8 Å². The number of benzene rings is 3. The third-order valence-corrected chi connectivity index (χ3v) is 7.23. The molecule has 0 radical (unpaired) electrons. The SMILES string of the molecule is CCc1cc(OCC(=O)N(C)C)c(F)c(C(Cc2ccc(C(=N)N)cc2)c2nn(-c3ccccc3NC(=O)OC)c(=O)[nH]2)c1.O=C(O)C(F)(F)F. The van der Waals surface area contributed by atoms with Gasteiger partial charge in [0, 0.05) is 25.2 Å². The van der Waals surface area contributed by atoms with Gasteiger partial charge >= 0.3 is 23.9 Å². The van der Waals surface area contributed by atoms with Crippen LogP contribution < -0.4 is 21.5 Å². The van der Waals surface area contributed by atoms with E-state index in [2.05, 4.69) is 15.4 Å². The van der Waals surface area contributed by atoms with Gasteiger partial charge in [0.15, 0.2) is 18.2 Å². The molecular weight excluding hydrogens is 682 g/mol. The van der Waals surface area contributed by atoms with Crippen molar-refractivity contribution in [2.45, 2.75) is 31.9 Å². The number of carboxylic acids is 1. The molecular formula is C33H35F4N7O7. The number of alkyl halides is 3. The van der Waals surface area contributed by atoms with Crippen LogP contribution in [0.25, 0.3) is 5.69 Å². The zero-order chi connectivity index (χ0) is 38.0. The highest BCUT2D eigenvalue weighted by molar-refractivity contribution is 5.94. The van der Waals surface area contributed by atoms with Crippen molar-refractivity contribution in [3.8, 4) is 11.4 Å². The summed E-state index contributed by atoms with van der Waals surface area (Å²) < 4.78 is 59.4. The van der Waals surface area contributed by atoms with Crippen molar-refractivity contribution >= 4 is 29.5 Å². The Bertz CT molecular complexity index is 1940. The second kappa shape index (κ2) is 17.0. The number of aryl methyl sites for hydroxylation is 1. The maximum atomic E-state index is 16.2. The van der Waals surface area contributed by atoms with E-state index in [0.717, 1.165) is 15.8 Å². The van der Waals surface area contributed by atoms with Crippen molar-refractivity contribution in [1.82, 2.24) is 19.7 Å². The fourth-order valence-electron chi connectivity index (χ4n) is 4.51. The molecule has 1 heterocycles.